The first-order valence-electron chi connectivity index (χ1n) is 6.62. The molecule has 0 bridgehead atoms. The number of aliphatic carboxylic acids is 1. The van der Waals surface area contributed by atoms with Gasteiger partial charge in [0, 0.05) is 18.8 Å². The number of aliphatic hydroxyl groups is 1. The summed E-state index contributed by atoms with van der Waals surface area (Å²) in [5.74, 6) is -0.672. The Bertz CT molecular complexity index is 418. The first kappa shape index (κ1) is 15.5. The summed E-state index contributed by atoms with van der Waals surface area (Å²) in [5.41, 5.74) is 2.08. The van der Waals surface area contributed by atoms with Crippen molar-refractivity contribution in [3.63, 3.8) is 0 Å². The number of hydrogen-bond donors (Lipinski definition) is 2. The van der Waals surface area contributed by atoms with E-state index in [9.17, 15) is 9.90 Å². The van der Waals surface area contributed by atoms with Gasteiger partial charge in [0.2, 0.25) is 0 Å². The lowest BCUT2D eigenvalue weighted by Crippen LogP contribution is -2.37. The summed E-state index contributed by atoms with van der Waals surface area (Å²) in [7, 11) is 0. The van der Waals surface area contributed by atoms with Crippen molar-refractivity contribution in [2.45, 2.75) is 33.3 Å². The third-order valence-electron chi connectivity index (χ3n) is 3.23. The third-order valence-corrected chi connectivity index (χ3v) is 3.23. The fraction of sp³-hybridized carbons (Fsp3) is 0.533. The lowest BCUT2D eigenvalue weighted by molar-refractivity contribution is -0.136. The maximum Gasteiger partial charge on any atom is 0.305 e. The second-order valence-corrected chi connectivity index (χ2v) is 5.19. The zero-order valence-corrected chi connectivity index (χ0v) is 11.8. The summed E-state index contributed by atoms with van der Waals surface area (Å²) in [6.45, 7) is 6.76. The van der Waals surface area contributed by atoms with Crippen LogP contribution in [-0.4, -0.2) is 35.4 Å². The first-order chi connectivity index (χ1) is 8.91. The van der Waals surface area contributed by atoms with Crippen LogP contribution in [0.4, 0.5) is 5.69 Å². The highest BCUT2D eigenvalue weighted by Gasteiger charge is 2.17. The van der Waals surface area contributed by atoms with Gasteiger partial charge < -0.3 is 15.1 Å². The van der Waals surface area contributed by atoms with Crippen molar-refractivity contribution in [1.82, 2.24) is 0 Å². The second-order valence-electron chi connectivity index (χ2n) is 5.19. The zero-order valence-electron chi connectivity index (χ0n) is 11.8. The number of hydrogen-bond acceptors (Lipinski definition) is 3. The summed E-state index contributed by atoms with van der Waals surface area (Å²) in [6.07, 6.45) is -0.396. The van der Waals surface area contributed by atoms with Gasteiger partial charge in [-0.05, 0) is 24.5 Å². The van der Waals surface area contributed by atoms with Crippen molar-refractivity contribution < 1.29 is 15.0 Å². The Morgan fingerprint density at radius 1 is 1.32 bits per heavy atom. The van der Waals surface area contributed by atoms with E-state index in [0.29, 0.717) is 13.1 Å². The van der Waals surface area contributed by atoms with E-state index in [1.54, 1.807) is 0 Å². The number of carboxylic acid groups (broad SMARTS) is 1. The quantitative estimate of drug-likeness (QED) is 0.794. The molecule has 1 aromatic rings. The summed E-state index contributed by atoms with van der Waals surface area (Å²) >= 11 is 0. The molecule has 1 unspecified atom stereocenters. The van der Waals surface area contributed by atoms with Crippen LogP contribution in [-0.2, 0) is 4.79 Å². The average Bonchev–Trinajstić information content (AvgIpc) is 2.34. The van der Waals surface area contributed by atoms with Crippen LogP contribution in [0.1, 0.15) is 25.8 Å². The summed E-state index contributed by atoms with van der Waals surface area (Å²) in [5, 5.41) is 18.9. The molecule has 0 spiro atoms. The maximum absolute atomic E-state index is 10.8. The summed E-state index contributed by atoms with van der Waals surface area (Å²) in [6, 6.07) is 7.83. The van der Waals surface area contributed by atoms with Crippen molar-refractivity contribution in [2.24, 2.45) is 5.92 Å². The van der Waals surface area contributed by atoms with E-state index < -0.39 is 12.1 Å². The van der Waals surface area contributed by atoms with E-state index in [-0.39, 0.29) is 12.3 Å². The van der Waals surface area contributed by atoms with Gasteiger partial charge in [0.15, 0.2) is 0 Å². The van der Waals surface area contributed by atoms with Crippen LogP contribution in [0.5, 0.6) is 0 Å². The van der Waals surface area contributed by atoms with Gasteiger partial charge in [-0.1, -0.05) is 32.0 Å². The zero-order chi connectivity index (χ0) is 14.4. The minimum atomic E-state index is -0.822. The SMILES string of the molecule is Cc1ccccc1N(CCC(=O)O)CC(O)C(C)C. The molecule has 0 aliphatic rings. The first-order valence-corrected chi connectivity index (χ1v) is 6.62. The van der Waals surface area contributed by atoms with Gasteiger partial charge in [-0.15, -0.1) is 0 Å². The Hall–Kier alpha value is -1.55. The molecule has 0 saturated heterocycles. The molecule has 1 aromatic carbocycles. The number of rotatable bonds is 7. The van der Waals surface area contributed by atoms with Crippen LogP contribution >= 0.6 is 0 Å². The van der Waals surface area contributed by atoms with Gasteiger partial charge in [0.05, 0.1) is 12.5 Å². The Kier molecular flexibility index (Phi) is 5.83. The van der Waals surface area contributed by atoms with Crippen LogP contribution in [0.15, 0.2) is 24.3 Å². The molecular formula is C15H23NO3. The van der Waals surface area contributed by atoms with Gasteiger partial charge in [-0.2, -0.15) is 0 Å². The molecular weight excluding hydrogens is 242 g/mol. The van der Waals surface area contributed by atoms with Crippen LogP contribution < -0.4 is 4.90 Å². The topological polar surface area (TPSA) is 60.8 Å². The molecule has 1 atom stereocenters. The van der Waals surface area contributed by atoms with E-state index in [4.69, 9.17) is 5.11 Å². The highest BCUT2D eigenvalue weighted by atomic mass is 16.4. The van der Waals surface area contributed by atoms with Crippen molar-refractivity contribution in [3.05, 3.63) is 29.8 Å². The van der Waals surface area contributed by atoms with Gasteiger partial charge in [0.1, 0.15) is 0 Å². The Morgan fingerprint density at radius 2 is 1.95 bits per heavy atom. The Balaban J connectivity index is 2.85. The molecule has 19 heavy (non-hydrogen) atoms. The number of benzene rings is 1. The number of aliphatic hydroxyl groups excluding tert-OH is 1. The number of carboxylic acids is 1. The molecule has 0 aromatic heterocycles. The molecule has 0 radical (unpaired) electrons. The minimum absolute atomic E-state index is 0.0686. The fourth-order valence-electron chi connectivity index (χ4n) is 1.90. The number of anilines is 1. The van der Waals surface area contributed by atoms with Crippen molar-refractivity contribution >= 4 is 11.7 Å². The second kappa shape index (κ2) is 7.14. The lowest BCUT2D eigenvalue weighted by atomic mass is 10.1. The summed E-state index contributed by atoms with van der Waals surface area (Å²) < 4.78 is 0. The molecule has 0 amide bonds. The van der Waals surface area contributed by atoms with Gasteiger partial charge in [-0.25, -0.2) is 0 Å². The third kappa shape index (κ3) is 4.91. The van der Waals surface area contributed by atoms with Crippen LogP contribution in [0.25, 0.3) is 0 Å². The van der Waals surface area contributed by atoms with Crippen molar-refractivity contribution in [1.29, 1.82) is 0 Å². The van der Waals surface area contributed by atoms with Crippen LogP contribution in [0.2, 0.25) is 0 Å². The molecule has 106 valence electrons. The lowest BCUT2D eigenvalue weighted by Gasteiger charge is -2.29. The van der Waals surface area contributed by atoms with Crippen molar-refractivity contribution in [3.8, 4) is 0 Å². The summed E-state index contributed by atoms with van der Waals surface area (Å²) in [4.78, 5) is 12.7. The van der Waals surface area contributed by atoms with E-state index in [0.717, 1.165) is 11.3 Å². The number of nitrogens with zero attached hydrogens (tertiary/aromatic N) is 1. The highest BCUT2D eigenvalue weighted by Crippen LogP contribution is 2.21. The number of carbonyl (C=O) groups is 1. The van der Waals surface area contributed by atoms with Crippen molar-refractivity contribution in [2.75, 3.05) is 18.0 Å². The molecule has 0 saturated carbocycles. The maximum atomic E-state index is 10.8. The monoisotopic (exact) mass is 265 g/mol. The Morgan fingerprint density at radius 3 is 2.47 bits per heavy atom. The predicted octanol–water partition coefficient (Wildman–Crippen LogP) is 2.29. The van der Waals surface area contributed by atoms with Crippen LogP contribution in [0.3, 0.4) is 0 Å². The van der Waals surface area contributed by atoms with Gasteiger partial charge >= 0.3 is 5.97 Å². The van der Waals surface area contributed by atoms with Gasteiger partial charge in [-0.3, -0.25) is 4.79 Å². The smallest absolute Gasteiger partial charge is 0.305 e. The molecule has 0 aliphatic carbocycles. The highest BCUT2D eigenvalue weighted by molar-refractivity contribution is 5.68. The molecule has 2 N–H and O–H groups in total. The fourth-order valence-corrected chi connectivity index (χ4v) is 1.90. The average molecular weight is 265 g/mol. The van der Waals surface area contributed by atoms with E-state index in [2.05, 4.69) is 0 Å². The number of aryl methyl sites for hydroxylation is 1. The molecule has 0 aliphatic heterocycles. The molecule has 4 nitrogen and oxygen atoms in total. The Labute approximate surface area is 114 Å². The molecule has 0 fully saturated rings. The molecule has 4 heteroatoms. The van der Waals surface area contributed by atoms with E-state index in [1.807, 2.05) is 49.9 Å². The van der Waals surface area contributed by atoms with Gasteiger partial charge in [0.25, 0.3) is 0 Å². The van der Waals surface area contributed by atoms with Crippen LogP contribution in [0, 0.1) is 12.8 Å². The minimum Gasteiger partial charge on any atom is -0.481 e. The largest absolute Gasteiger partial charge is 0.481 e. The standard InChI is InChI=1S/C15H23NO3/c1-11(2)14(17)10-16(9-8-15(18)19)13-7-5-4-6-12(13)3/h4-7,11,14,17H,8-10H2,1-3H3,(H,18,19). The molecule has 1 rings (SSSR count). The van der Waals surface area contributed by atoms with E-state index >= 15 is 0 Å². The van der Waals surface area contributed by atoms with E-state index in [1.165, 1.54) is 0 Å². The normalized spacial score (nSPS) is 12.5. The number of para-hydroxylation sites is 1. The predicted molar refractivity (Wildman–Crippen MR) is 76.5 cm³/mol. The molecule has 0 heterocycles.